The zero-order valence-electron chi connectivity index (χ0n) is 16.3. The van der Waals surface area contributed by atoms with Crippen molar-refractivity contribution < 1.29 is 4.79 Å². The molecule has 0 atom stereocenters. The summed E-state index contributed by atoms with van der Waals surface area (Å²) in [5.74, 6) is 0.798. The molecule has 0 aliphatic heterocycles. The van der Waals surface area contributed by atoms with E-state index in [9.17, 15) is 4.79 Å². The summed E-state index contributed by atoms with van der Waals surface area (Å²) < 4.78 is 0. The fourth-order valence-corrected chi connectivity index (χ4v) is 3.14. The molecule has 0 saturated carbocycles. The van der Waals surface area contributed by atoms with Crippen molar-refractivity contribution in [3.05, 3.63) is 51.5 Å². The van der Waals surface area contributed by atoms with Gasteiger partial charge in [-0.1, -0.05) is 12.1 Å². The van der Waals surface area contributed by atoms with Gasteiger partial charge in [-0.3, -0.25) is 9.79 Å². The van der Waals surface area contributed by atoms with Gasteiger partial charge in [0.25, 0.3) is 5.91 Å². The van der Waals surface area contributed by atoms with E-state index in [4.69, 9.17) is 0 Å². The molecule has 1 heterocycles. The van der Waals surface area contributed by atoms with Crippen LogP contribution in [-0.2, 0) is 12.8 Å². The number of hydrogen-bond donors (Lipinski definition) is 2. The lowest BCUT2D eigenvalue weighted by Gasteiger charge is -2.13. The Kier molecular flexibility index (Phi) is 10.3. The van der Waals surface area contributed by atoms with Crippen LogP contribution in [0.4, 0.5) is 0 Å². The van der Waals surface area contributed by atoms with Crippen molar-refractivity contribution in [3.8, 4) is 0 Å². The first kappa shape index (κ1) is 23.4. The molecule has 0 fully saturated rings. The van der Waals surface area contributed by atoms with Crippen LogP contribution in [0, 0.1) is 6.92 Å². The van der Waals surface area contributed by atoms with E-state index in [1.807, 2.05) is 31.2 Å². The molecule has 2 N–H and O–H groups in total. The number of carbonyl (C=O) groups excluding carboxylic acids is 1. The number of benzene rings is 1. The van der Waals surface area contributed by atoms with Crippen molar-refractivity contribution in [3.63, 3.8) is 0 Å². The van der Waals surface area contributed by atoms with Gasteiger partial charge in [0.15, 0.2) is 5.96 Å². The molecule has 2 aromatic rings. The molecule has 0 unspecified atom stereocenters. The average Bonchev–Trinajstić information content (AvgIpc) is 3.05. The molecule has 6 nitrogen and oxygen atoms in total. The fourth-order valence-electron chi connectivity index (χ4n) is 2.50. The Bertz CT molecular complexity index is 760. The summed E-state index contributed by atoms with van der Waals surface area (Å²) in [5.41, 5.74) is 2.95. The van der Waals surface area contributed by atoms with Crippen LogP contribution in [0.15, 0.2) is 34.6 Å². The van der Waals surface area contributed by atoms with Crippen LogP contribution in [0.25, 0.3) is 0 Å². The van der Waals surface area contributed by atoms with Crippen LogP contribution in [0.1, 0.15) is 26.6 Å². The molecule has 1 aromatic carbocycles. The first-order valence-corrected chi connectivity index (χ1v) is 9.53. The molecule has 0 aliphatic carbocycles. The maximum Gasteiger partial charge on any atom is 0.253 e. The third kappa shape index (κ3) is 7.84. The normalized spacial score (nSPS) is 10.9. The van der Waals surface area contributed by atoms with Gasteiger partial charge < -0.3 is 15.5 Å². The zero-order valence-corrected chi connectivity index (χ0v) is 19.4. The van der Waals surface area contributed by atoms with Crippen LogP contribution >= 0.6 is 35.3 Å². The summed E-state index contributed by atoms with van der Waals surface area (Å²) in [7, 11) is 5.29. The quantitative estimate of drug-likeness (QED) is 0.348. The largest absolute Gasteiger partial charge is 0.356 e. The molecule has 0 saturated heterocycles. The number of hydrogen-bond acceptors (Lipinski definition) is 4. The summed E-state index contributed by atoms with van der Waals surface area (Å²) in [6.45, 7) is 3.55. The zero-order chi connectivity index (χ0) is 18.9. The Balaban J connectivity index is 0.00000364. The second kappa shape index (κ2) is 11.9. The molecular weight excluding hydrogens is 473 g/mol. The maximum atomic E-state index is 12.0. The molecule has 1 aromatic heterocycles. The monoisotopic (exact) mass is 501 g/mol. The van der Waals surface area contributed by atoms with Crippen molar-refractivity contribution in [2.45, 2.75) is 19.8 Å². The Morgan fingerprint density at radius 3 is 2.52 bits per heavy atom. The van der Waals surface area contributed by atoms with Crippen molar-refractivity contribution in [2.75, 3.05) is 34.2 Å². The van der Waals surface area contributed by atoms with Gasteiger partial charge in [-0.15, -0.1) is 35.3 Å². The van der Waals surface area contributed by atoms with E-state index < -0.39 is 0 Å². The van der Waals surface area contributed by atoms with E-state index in [0.29, 0.717) is 5.56 Å². The van der Waals surface area contributed by atoms with Crippen LogP contribution in [0.3, 0.4) is 0 Å². The van der Waals surface area contributed by atoms with Crippen molar-refractivity contribution in [1.29, 1.82) is 0 Å². The molecule has 148 valence electrons. The van der Waals surface area contributed by atoms with E-state index in [2.05, 4.69) is 26.0 Å². The highest BCUT2D eigenvalue weighted by atomic mass is 127. The number of nitrogens with one attached hydrogen (secondary N) is 2. The topological polar surface area (TPSA) is 69.6 Å². The molecule has 0 radical (unpaired) electrons. The van der Waals surface area contributed by atoms with Gasteiger partial charge in [0.2, 0.25) is 0 Å². The van der Waals surface area contributed by atoms with E-state index in [-0.39, 0.29) is 29.9 Å². The number of guanidine groups is 1. The van der Waals surface area contributed by atoms with Gasteiger partial charge in [-0.05, 0) is 31.0 Å². The lowest BCUT2D eigenvalue weighted by Crippen LogP contribution is -2.39. The summed E-state index contributed by atoms with van der Waals surface area (Å²) >= 11 is 1.67. The van der Waals surface area contributed by atoms with Gasteiger partial charge in [-0.2, -0.15) is 0 Å². The Morgan fingerprint density at radius 1 is 1.22 bits per heavy atom. The Labute approximate surface area is 182 Å². The van der Waals surface area contributed by atoms with Crippen molar-refractivity contribution in [2.24, 2.45) is 4.99 Å². The number of halogens is 1. The third-order valence-corrected chi connectivity index (χ3v) is 4.67. The van der Waals surface area contributed by atoms with Crippen molar-refractivity contribution >= 4 is 47.2 Å². The highest BCUT2D eigenvalue weighted by Gasteiger charge is 2.08. The summed E-state index contributed by atoms with van der Waals surface area (Å²) in [6, 6.07) is 7.76. The van der Waals surface area contributed by atoms with E-state index in [1.165, 1.54) is 0 Å². The predicted octanol–water partition coefficient (Wildman–Crippen LogP) is 2.72. The molecule has 8 heteroatoms. The summed E-state index contributed by atoms with van der Waals surface area (Å²) in [5, 5.41) is 9.79. The van der Waals surface area contributed by atoms with Crippen LogP contribution in [-0.4, -0.2) is 56.0 Å². The smallest absolute Gasteiger partial charge is 0.253 e. The number of aromatic nitrogens is 1. The SMILES string of the molecule is CN=C(NCCc1cccc(C(=O)N(C)C)c1)NCCc1csc(C)n1.I. The number of aliphatic imine (C=N–C) groups is 1. The van der Waals surface area contributed by atoms with Crippen molar-refractivity contribution in [1.82, 2.24) is 20.5 Å². The number of nitrogens with zero attached hydrogens (tertiary/aromatic N) is 3. The number of rotatable bonds is 7. The maximum absolute atomic E-state index is 12.0. The highest BCUT2D eigenvalue weighted by molar-refractivity contribution is 14.0. The molecular formula is C19H28IN5OS. The lowest BCUT2D eigenvalue weighted by molar-refractivity contribution is 0.0827. The molecule has 0 bridgehead atoms. The molecule has 2 rings (SSSR count). The minimum atomic E-state index is 0. The molecule has 0 aliphatic rings. The van der Waals surface area contributed by atoms with Crippen LogP contribution < -0.4 is 10.6 Å². The minimum absolute atomic E-state index is 0. The lowest BCUT2D eigenvalue weighted by atomic mass is 10.1. The minimum Gasteiger partial charge on any atom is -0.356 e. The second-order valence-electron chi connectivity index (χ2n) is 6.18. The molecule has 0 spiro atoms. The Hall–Kier alpha value is -1.68. The summed E-state index contributed by atoms with van der Waals surface area (Å²) in [6.07, 6.45) is 1.69. The average molecular weight is 501 g/mol. The predicted molar refractivity (Wildman–Crippen MR) is 123 cm³/mol. The standard InChI is InChI=1S/C19H27N5OS.HI/c1-14-23-17(13-26-14)9-11-22-19(20-2)21-10-8-15-6-5-7-16(12-15)18(25)24(3)4;/h5-7,12-13H,8-11H2,1-4H3,(H2,20,21,22);1H. The Morgan fingerprint density at radius 2 is 1.93 bits per heavy atom. The number of aryl methyl sites for hydroxylation is 1. The first-order chi connectivity index (χ1) is 12.5. The molecule has 27 heavy (non-hydrogen) atoms. The van der Waals surface area contributed by atoms with Gasteiger partial charge in [-0.25, -0.2) is 4.98 Å². The third-order valence-electron chi connectivity index (χ3n) is 3.85. The highest BCUT2D eigenvalue weighted by Crippen LogP contribution is 2.08. The van der Waals surface area contributed by atoms with E-state index >= 15 is 0 Å². The summed E-state index contributed by atoms with van der Waals surface area (Å²) in [4.78, 5) is 22.3. The van der Waals surface area contributed by atoms with Crippen LogP contribution in [0.2, 0.25) is 0 Å². The number of thiazole rings is 1. The van der Waals surface area contributed by atoms with E-state index in [1.54, 1.807) is 37.4 Å². The fraction of sp³-hybridized carbons (Fsp3) is 0.421. The van der Waals surface area contributed by atoms with Gasteiger partial charge in [0.05, 0.1) is 10.7 Å². The van der Waals surface area contributed by atoms with Gasteiger partial charge in [0.1, 0.15) is 0 Å². The number of amides is 1. The van der Waals surface area contributed by atoms with E-state index in [0.717, 1.165) is 48.2 Å². The first-order valence-electron chi connectivity index (χ1n) is 8.65. The number of carbonyl (C=O) groups is 1. The van der Waals surface area contributed by atoms with Crippen LogP contribution in [0.5, 0.6) is 0 Å². The molecule has 1 amide bonds. The second-order valence-corrected chi connectivity index (χ2v) is 7.25. The van der Waals surface area contributed by atoms with Gasteiger partial charge in [0, 0.05) is 51.6 Å². The van der Waals surface area contributed by atoms with Gasteiger partial charge >= 0.3 is 0 Å².